The van der Waals surface area contributed by atoms with E-state index in [0.717, 1.165) is 17.0 Å². The van der Waals surface area contributed by atoms with Gasteiger partial charge in [0.2, 0.25) is 0 Å². The third-order valence-corrected chi connectivity index (χ3v) is 4.55. The Morgan fingerprint density at radius 1 is 1.12 bits per heavy atom. The molecule has 6 heteroatoms. The number of aryl methyl sites for hydroxylation is 1. The summed E-state index contributed by atoms with van der Waals surface area (Å²) in [5, 5.41) is 7.68. The van der Waals surface area contributed by atoms with Crippen molar-refractivity contribution in [1.82, 2.24) is 10.3 Å². The Kier molecular flexibility index (Phi) is 4.75. The van der Waals surface area contributed by atoms with Crippen LogP contribution in [0.25, 0.3) is 0 Å². The lowest BCUT2D eigenvalue weighted by Gasteiger charge is -2.21. The summed E-state index contributed by atoms with van der Waals surface area (Å²) < 4.78 is 5.13. The summed E-state index contributed by atoms with van der Waals surface area (Å²) in [6.45, 7) is 3.75. The zero-order valence-corrected chi connectivity index (χ0v) is 15.0. The van der Waals surface area contributed by atoms with Crippen LogP contribution in [0.1, 0.15) is 30.5 Å². The number of carbonyl (C=O) groups is 2. The summed E-state index contributed by atoms with van der Waals surface area (Å²) in [6, 6.07) is 14.3. The maximum absolute atomic E-state index is 12.8. The predicted octanol–water partition coefficient (Wildman–Crippen LogP) is 3.06. The van der Waals surface area contributed by atoms with Crippen LogP contribution < -0.4 is 10.1 Å². The summed E-state index contributed by atoms with van der Waals surface area (Å²) in [7, 11) is 1.57. The van der Waals surface area contributed by atoms with Crippen LogP contribution in [0.15, 0.2) is 53.6 Å². The van der Waals surface area contributed by atoms with E-state index in [1.165, 1.54) is 11.8 Å². The van der Waals surface area contributed by atoms with Crippen LogP contribution in [0.5, 0.6) is 5.75 Å². The molecule has 134 valence electrons. The molecule has 0 spiro atoms. The summed E-state index contributed by atoms with van der Waals surface area (Å²) in [4.78, 5) is 25.1. The van der Waals surface area contributed by atoms with Gasteiger partial charge in [-0.3, -0.25) is 4.79 Å². The topological polar surface area (TPSA) is 71.0 Å². The van der Waals surface area contributed by atoms with Crippen LogP contribution in [-0.4, -0.2) is 30.3 Å². The minimum absolute atomic E-state index is 0.422. The highest BCUT2D eigenvalue weighted by Crippen LogP contribution is 2.30. The molecule has 1 heterocycles. The molecule has 2 aromatic carbocycles. The molecule has 0 aromatic heterocycles. The first-order chi connectivity index (χ1) is 12.5. The molecule has 0 bridgehead atoms. The minimum Gasteiger partial charge on any atom is -0.497 e. The standard InChI is InChI=1S/C20H21N3O3/c1-4-14-5-7-15(8-6-14)13-21-23-18(24)20(2,22-19(23)25)16-9-11-17(26-3)12-10-16/h5-13H,4H2,1-3H3,(H,22,25)/b21-13+. The van der Waals surface area contributed by atoms with Gasteiger partial charge in [-0.1, -0.05) is 43.3 Å². The van der Waals surface area contributed by atoms with E-state index < -0.39 is 17.5 Å². The van der Waals surface area contributed by atoms with Gasteiger partial charge in [0, 0.05) is 0 Å². The second-order valence-electron chi connectivity index (χ2n) is 6.24. The molecule has 2 aromatic rings. The van der Waals surface area contributed by atoms with Crippen molar-refractivity contribution in [3.63, 3.8) is 0 Å². The van der Waals surface area contributed by atoms with E-state index in [-0.39, 0.29) is 0 Å². The summed E-state index contributed by atoms with van der Waals surface area (Å²) in [5.41, 5.74) is 1.54. The fraction of sp³-hybridized carbons (Fsp3) is 0.250. The highest BCUT2D eigenvalue weighted by atomic mass is 16.5. The van der Waals surface area contributed by atoms with Crippen LogP contribution in [0.2, 0.25) is 0 Å². The number of hydrogen-bond donors (Lipinski definition) is 1. The van der Waals surface area contributed by atoms with E-state index in [9.17, 15) is 9.59 Å². The van der Waals surface area contributed by atoms with Gasteiger partial charge in [0.1, 0.15) is 11.3 Å². The average molecular weight is 351 g/mol. The van der Waals surface area contributed by atoms with E-state index in [1.807, 2.05) is 24.3 Å². The smallest absolute Gasteiger partial charge is 0.346 e. The molecule has 1 unspecified atom stereocenters. The molecule has 1 N–H and O–H groups in total. The lowest BCUT2D eigenvalue weighted by atomic mass is 9.92. The summed E-state index contributed by atoms with van der Waals surface area (Å²) in [6.07, 6.45) is 2.46. The van der Waals surface area contributed by atoms with Crippen molar-refractivity contribution in [2.75, 3.05) is 7.11 Å². The number of ether oxygens (including phenoxy) is 1. The largest absolute Gasteiger partial charge is 0.497 e. The van der Waals surface area contributed by atoms with Gasteiger partial charge in [0.15, 0.2) is 0 Å². The van der Waals surface area contributed by atoms with E-state index in [0.29, 0.717) is 11.3 Å². The van der Waals surface area contributed by atoms with Crippen molar-refractivity contribution in [1.29, 1.82) is 0 Å². The first kappa shape index (κ1) is 17.7. The number of hydrazone groups is 1. The number of nitrogens with zero attached hydrogens (tertiary/aromatic N) is 2. The molecule has 6 nitrogen and oxygen atoms in total. The maximum Gasteiger partial charge on any atom is 0.346 e. The summed E-state index contributed by atoms with van der Waals surface area (Å²) >= 11 is 0. The normalized spacial score (nSPS) is 19.9. The zero-order valence-electron chi connectivity index (χ0n) is 15.0. The Bertz CT molecular complexity index is 844. The first-order valence-electron chi connectivity index (χ1n) is 8.42. The number of imide groups is 1. The van der Waals surface area contributed by atoms with Crippen LogP contribution in [0, 0.1) is 0 Å². The minimum atomic E-state index is -1.16. The fourth-order valence-electron chi connectivity index (χ4n) is 2.81. The van der Waals surface area contributed by atoms with Gasteiger partial charge in [-0.2, -0.15) is 5.10 Å². The molecular formula is C20H21N3O3. The number of carbonyl (C=O) groups excluding carboxylic acids is 2. The van der Waals surface area contributed by atoms with Gasteiger partial charge >= 0.3 is 6.03 Å². The lowest BCUT2D eigenvalue weighted by molar-refractivity contribution is -0.131. The Hall–Kier alpha value is -3.15. The molecule has 26 heavy (non-hydrogen) atoms. The zero-order chi connectivity index (χ0) is 18.7. The van der Waals surface area contributed by atoms with Crippen LogP contribution in [0.4, 0.5) is 4.79 Å². The molecule has 1 atom stereocenters. The Balaban J connectivity index is 1.82. The molecule has 0 saturated carbocycles. The van der Waals surface area contributed by atoms with Gasteiger partial charge in [-0.25, -0.2) is 4.79 Å². The van der Waals surface area contributed by atoms with Crippen molar-refractivity contribution < 1.29 is 14.3 Å². The van der Waals surface area contributed by atoms with Crippen molar-refractivity contribution in [2.24, 2.45) is 5.10 Å². The molecule has 1 aliphatic heterocycles. The van der Waals surface area contributed by atoms with Crippen molar-refractivity contribution in [3.05, 3.63) is 65.2 Å². The third-order valence-electron chi connectivity index (χ3n) is 4.55. The Labute approximate surface area is 152 Å². The van der Waals surface area contributed by atoms with Gasteiger partial charge < -0.3 is 10.1 Å². The van der Waals surface area contributed by atoms with E-state index in [2.05, 4.69) is 17.3 Å². The van der Waals surface area contributed by atoms with Crippen molar-refractivity contribution in [2.45, 2.75) is 25.8 Å². The van der Waals surface area contributed by atoms with Gasteiger partial charge in [0.05, 0.1) is 13.3 Å². The Morgan fingerprint density at radius 3 is 2.35 bits per heavy atom. The van der Waals surface area contributed by atoms with E-state index in [4.69, 9.17) is 4.74 Å². The number of nitrogens with one attached hydrogen (secondary N) is 1. The third kappa shape index (κ3) is 3.18. The van der Waals surface area contributed by atoms with Crippen LogP contribution >= 0.6 is 0 Å². The molecule has 1 fully saturated rings. The number of hydrogen-bond acceptors (Lipinski definition) is 4. The van der Waals surface area contributed by atoms with Gasteiger partial charge in [-0.15, -0.1) is 5.01 Å². The number of amides is 3. The molecule has 3 rings (SSSR count). The molecular weight excluding hydrogens is 330 g/mol. The molecule has 0 radical (unpaired) electrons. The van der Waals surface area contributed by atoms with Crippen LogP contribution in [-0.2, 0) is 16.8 Å². The quantitative estimate of drug-likeness (QED) is 0.665. The second-order valence-corrected chi connectivity index (χ2v) is 6.24. The summed E-state index contributed by atoms with van der Waals surface area (Å²) in [5.74, 6) is 0.258. The SMILES string of the molecule is CCc1ccc(/C=N/N2C(=O)NC(C)(c3ccc(OC)cc3)C2=O)cc1. The number of rotatable bonds is 5. The van der Waals surface area contributed by atoms with Gasteiger partial charge in [0.25, 0.3) is 5.91 Å². The van der Waals surface area contributed by atoms with Crippen molar-refractivity contribution >= 4 is 18.2 Å². The molecule has 0 aliphatic carbocycles. The van der Waals surface area contributed by atoms with Crippen LogP contribution in [0.3, 0.4) is 0 Å². The van der Waals surface area contributed by atoms with E-state index in [1.54, 1.807) is 38.3 Å². The number of methoxy groups -OCH3 is 1. The monoisotopic (exact) mass is 351 g/mol. The highest BCUT2D eigenvalue weighted by Gasteiger charge is 2.49. The lowest BCUT2D eigenvalue weighted by Crippen LogP contribution is -2.40. The first-order valence-corrected chi connectivity index (χ1v) is 8.42. The maximum atomic E-state index is 12.8. The number of benzene rings is 2. The second kappa shape index (κ2) is 7.00. The fourth-order valence-corrected chi connectivity index (χ4v) is 2.81. The van der Waals surface area contributed by atoms with Crippen molar-refractivity contribution in [3.8, 4) is 5.75 Å². The highest BCUT2D eigenvalue weighted by molar-refractivity contribution is 6.07. The average Bonchev–Trinajstić information content (AvgIpc) is 2.90. The number of urea groups is 1. The molecule has 1 saturated heterocycles. The molecule has 1 aliphatic rings. The Morgan fingerprint density at radius 2 is 1.77 bits per heavy atom. The van der Waals surface area contributed by atoms with E-state index >= 15 is 0 Å². The predicted molar refractivity (Wildman–Crippen MR) is 99.1 cm³/mol. The van der Waals surface area contributed by atoms with Gasteiger partial charge in [-0.05, 0) is 42.2 Å². The molecule has 3 amide bonds.